The number of hydrogen-bond acceptors (Lipinski definition) is 5. The van der Waals surface area contributed by atoms with Crippen LogP contribution in [0.4, 0.5) is 5.95 Å². The fraction of sp³-hybridized carbons (Fsp3) is 0.364. The first kappa shape index (κ1) is 11.5. The molecule has 1 aromatic carbocycles. The van der Waals surface area contributed by atoms with Gasteiger partial charge in [0.2, 0.25) is 5.95 Å². The average Bonchev–Trinajstić information content (AvgIpc) is 2.76. The van der Waals surface area contributed by atoms with Crippen LogP contribution in [0.15, 0.2) is 12.1 Å². The monoisotopic (exact) mass is 237 g/mol. The Bertz CT molecular complexity index is 469. The van der Waals surface area contributed by atoms with Gasteiger partial charge < -0.3 is 24.9 Å². The normalized spacial score (nSPS) is 10.5. The Morgan fingerprint density at radius 1 is 1.29 bits per heavy atom. The third kappa shape index (κ3) is 2.26. The largest absolute Gasteiger partial charge is 0.493 e. The smallest absolute Gasteiger partial charge is 0.201 e. The van der Waals surface area contributed by atoms with Gasteiger partial charge in [0.1, 0.15) is 0 Å². The minimum absolute atomic E-state index is 0.0592. The Labute approximate surface area is 98.6 Å². The van der Waals surface area contributed by atoms with E-state index < -0.39 is 0 Å². The predicted molar refractivity (Wildman–Crippen MR) is 64.8 cm³/mol. The Morgan fingerprint density at radius 2 is 2.00 bits per heavy atom. The molecule has 0 saturated carbocycles. The lowest BCUT2D eigenvalue weighted by molar-refractivity contribution is 0.311. The number of fused-ring (bicyclic) bond motifs is 1. The van der Waals surface area contributed by atoms with Gasteiger partial charge >= 0.3 is 0 Å². The van der Waals surface area contributed by atoms with Gasteiger partial charge in [-0.15, -0.1) is 0 Å². The van der Waals surface area contributed by atoms with Crippen molar-refractivity contribution in [2.24, 2.45) is 0 Å². The van der Waals surface area contributed by atoms with Crippen LogP contribution in [0.2, 0.25) is 0 Å². The zero-order chi connectivity index (χ0) is 12.3. The van der Waals surface area contributed by atoms with Crippen molar-refractivity contribution in [1.29, 1.82) is 0 Å². The number of aromatic amines is 1. The molecule has 0 unspecified atom stereocenters. The molecule has 0 fully saturated rings. The minimum atomic E-state index is 0.0592. The van der Waals surface area contributed by atoms with Crippen molar-refractivity contribution < 1.29 is 14.6 Å². The van der Waals surface area contributed by atoms with Crippen molar-refractivity contribution in [2.45, 2.75) is 0 Å². The highest BCUT2D eigenvalue weighted by atomic mass is 16.5. The summed E-state index contributed by atoms with van der Waals surface area (Å²) < 4.78 is 10.4. The third-order valence-corrected chi connectivity index (χ3v) is 2.39. The number of aliphatic hydroxyl groups excluding tert-OH is 1. The molecule has 2 aromatic rings. The summed E-state index contributed by atoms with van der Waals surface area (Å²) in [5, 5.41) is 11.7. The zero-order valence-corrected chi connectivity index (χ0v) is 9.78. The van der Waals surface area contributed by atoms with E-state index in [1.54, 1.807) is 20.3 Å². The lowest BCUT2D eigenvalue weighted by Gasteiger charge is -2.06. The van der Waals surface area contributed by atoms with E-state index in [2.05, 4.69) is 15.3 Å². The SMILES string of the molecule is COc1cc2nc(NCCO)[nH]c2cc1OC. The van der Waals surface area contributed by atoms with Crippen molar-refractivity contribution in [3.8, 4) is 11.5 Å². The van der Waals surface area contributed by atoms with Crippen molar-refractivity contribution in [3.05, 3.63) is 12.1 Å². The van der Waals surface area contributed by atoms with E-state index in [1.165, 1.54) is 0 Å². The molecule has 6 nitrogen and oxygen atoms in total. The standard InChI is InChI=1S/C11H15N3O3/c1-16-9-5-7-8(6-10(9)17-2)14-11(13-7)12-3-4-15/h5-6,15H,3-4H2,1-2H3,(H2,12,13,14). The maximum Gasteiger partial charge on any atom is 0.201 e. The van der Waals surface area contributed by atoms with Crippen LogP contribution in [0.25, 0.3) is 11.0 Å². The van der Waals surface area contributed by atoms with Crippen LogP contribution in [0.5, 0.6) is 11.5 Å². The Hall–Kier alpha value is -1.95. The molecular weight excluding hydrogens is 222 g/mol. The first-order chi connectivity index (χ1) is 8.28. The van der Waals surface area contributed by atoms with Crippen LogP contribution in [-0.4, -0.2) is 42.4 Å². The molecule has 0 radical (unpaired) electrons. The number of methoxy groups -OCH3 is 2. The van der Waals surface area contributed by atoms with E-state index in [4.69, 9.17) is 14.6 Å². The molecule has 0 atom stereocenters. The number of anilines is 1. The van der Waals surface area contributed by atoms with Crippen molar-refractivity contribution in [2.75, 3.05) is 32.7 Å². The molecule has 1 heterocycles. The number of H-pyrrole nitrogens is 1. The third-order valence-electron chi connectivity index (χ3n) is 2.39. The maximum atomic E-state index is 8.72. The molecule has 0 spiro atoms. The second kappa shape index (κ2) is 4.92. The molecule has 0 amide bonds. The molecule has 0 aliphatic carbocycles. The number of ether oxygens (including phenoxy) is 2. The lowest BCUT2D eigenvalue weighted by Crippen LogP contribution is -2.06. The molecular formula is C11H15N3O3. The molecule has 3 N–H and O–H groups in total. The summed E-state index contributed by atoms with van der Waals surface area (Å²) in [5.74, 6) is 1.90. The quantitative estimate of drug-likeness (QED) is 0.722. The highest BCUT2D eigenvalue weighted by Crippen LogP contribution is 2.31. The topological polar surface area (TPSA) is 79.4 Å². The number of aliphatic hydroxyl groups is 1. The van der Waals surface area contributed by atoms with Gasteiger partial charge in [0, 0.05) is 18.7 Å². The van der Waals surface area contributed by atoms with E-state index in [-0.39, 0.29) is 6.61 Å². The first-order valence-corrected chi connectivity index (χ1v) is 5.25. The van der Waals surface area contributed by atoms with Crippen molar-refractivity contribution in [1.82, 2.24) is 9.97 Å². The van der Waals surface area contributed by atoms with Crippen molar-refractivity contribution >= 4 is 17.0 Å². The zero-order valence-electron chi connectivity index (χ0n) is 9.78. The molecule has 17 heavy (non-hydrogen) atoms. The van der Waals surface area contributed by atoms with Gasteiger partial charge in [-0.25, -0.2) is 4.98 Å². The van der Waals surface area contributed by atoms with E-state index in [0.717, 1.165) is 11.0 Å². The number of aromatic nitrogens is 2. The minimum Gasteiger partial charge on any atom is -0.493 e. The predicted octanol–water partition coefficient (Wildman–Crippen LogP) is 0.984. The Kier molecular flexibility index (Phi) is 3.34. The number of nitrogens with zero attached hydrogens (tertiary/aromatic N) is 1. The van der Waals surface area contributed by atoms with Gasteiger partial charge in [0.15, 0.2) is 11.5 Å². The van der Waals surface area contributed by atoms with Crippen LogP contribution in [-0.2, 0) is 0 Å². The number of benzene rings is 1. The van der Waals surface area contributed by atoms with Gasteiger partial charge in [0.05, 0.1) is 31.9 Å². The summed E-state index contributed by atoms with van der Waals surface area (Å²) in [4.78, 5) is 7.41. The molecule has 2 rings (SSSR count). The average molecular weight is 237 g/mol. The summed E-state index contributed by atoms with van der Waals surface area (Å²) >= 11 is 0. The van der Waals surface area contributed by atoms with Crippen LogP contribution < -0.4 is 14.8 Å². The van der Waals surface area contributed by atoms with Crippen LogP contribution >= 0.6 is 0 Å². The van der Waals surface area contributed by atoms with Crippen LogP contribution in [0.3, 0.4) is 0 Å². The highest BCUT2D eigenvalue weighted by Gasteiger charge is 2.09. The van der Waals surface area contributed by atoms with E-state index in [1.807, 2.05) is 6.07 Å². The van der Waals surface area contributed by atoms with Gasteiger partial charge in [-0.2, -0.15) is 0 Å². The van der Waals surface area contributed by atoms with E-state index in [9.17, 15) is 0 Å². The lowest BCUT2D eigenvalue weighted by atomic mass is 10.3. The fourth-order valence-electron chi connectivity index (χ4n) is 1.59. The fourth-order valence-corrected chi connectivity index (χ4v) is 1.59. The van der Waals surface area contributed by atoms with E-state index >= 15 is 0 Å². The Balaban J connectivity index is 2.39. The maximum absolute atomic E-state index is 8.72. The first-order valence-electron chi connectivity index (χ1n) is 5.25. The number of hydrogen-bond donors (Lipinski definition) is 3. The summed E-state index contributed by atoms with van der Waals surface area (Å²) in [6.07, 6.45) is 0. The second-order valence-corrected chi connectivity index (χ2v) is 3.46. The number of rotatable bonds is 5. The van der Waals surface area contributed by atoms with Gasteiger partial charge in [0.25, 0.3) is 0 Å². The number of imidazole rings is 1. The van der Waals surface area contributed by atoms with Gasteiger partial charge in [-0.1, -0.05) is 0 Å². The highest BCUT2D eigenvalue weighted by molar-refractivity contribution is 5.81. The molecule has 1 aromatic heterocycles. The van der Waals surface area contributed by atoms with Crippen LogP contribution in [0, 0.1) is 0 Å². The number of nitrogens with one attached hydrogen (secondary N) is 2. The van der Waals surface area contributed by atoms with Gasteiger partial charge in [-0.05, 0) is 0 Å². The molecule has 92 valence electrons. The van der Waals surface area contributed by atoms with Crippen molar-refractivity contribution in [3.63, 3.8) is 0 Å². The molecule has 6 heteroatoms. The summed E-state index contributed by atoms with van der Waals surface area (Å²) in [6.45, 7) is 0.512. The second-order valence-electron chi connectivity index (χ2n) is 3.46. The molecule has 0 aliphatic heterocycles. The summed E-state index contributed by atoms with van der Waals surface area (Å²) in [5.41, 5.74) is 1.63. The summed E-state index contributed by atoms with van der Waals surface area (Å²) in [7, 11) is 3.17. The van der Waals surface area contributed by atoms with Gasteiger partial charge in [-0.3, -0.25) is 0 Å². The molecule has 0 saturated heterocycles. The summed E-state index contributed by atoms with van der Waals surface area (Å²) in [6, 6.07) is 3.63. The molecule has 0 aliphatic rings. The molecule has 0 bridgehead atoms. The van der Waals surface area contributed by atoms with Crippen LogP contribution in [0.1, 0.15) is 0 Å². The van der Waals surface area contributed by atoms with E-state index in [0.29, 0.717) is 24.0 Å². The Morgan fingerprint density at radius 3 is 2.65 bits per heavy atom.